The van der Waals surface area contributed by atoms with Gasteiger partial charge in [0.15, 0.2) is 0 Å². The number of hydrogen-bond acceptors (Lipinski definition) is 12. The molecule has 2 rings (SSSR count). The third-order valence-electron chi connectivity index (χ3n) is 7.21. The molecule has 2 aromatic carbocycles. The average molecular weight is 771 g/mol. The monoisotopic (exact) mass is 770 g/mol. The van der Waals surface area contributed by atoms with Crippen molar-refractivity contribution >= 4 is 41.4 Å². The molecule has 8 N–H and O–H groups in total. The van der Waals surface area contributed by atoms with Gasteiger partial charge in [0.05, 0.1) is 58.4 Å². The molecule has 18 heteroatoms. The second-order valence-corrected chi connectivity index (χ2v) is 11.8. The number of nitrogen functional groups attached to an aromatic ring is 1. The zero-order valence-corrected chi connectivity index (χ0v) is 30.8. The maximum absolute atomic E-state index is 13.3. The SMILES string of the molecule is C=C(C)OC(=O)COCCOCCOCCOCCNC(=O)[C@H](Cc1ccccc1)NC(=O)[C@H](CC(=O)O)NC(=O)CCNC(=O)c1ccc(C(=N)N)cc1. The number of esters is 1. The van der Waals surface area contributed by atoms with Crippen LogP contribution in [0.1, 0.15) is 41.3 Å². The zero-order chi connectivity index (χ0) is 40.4. The number of carboxylic acids is 1. The van der Waals surface area contributed by atoms with Crippen molar-refractivity contribution in [3.05, 3.63) is 83.6 Å². The first-order valence-electron chi connectivity index (χ1n) is 17.4. The Kier molecular flexibility index (Phi) is 21.6. The molecular formula is C37H50N6O12. The number of allylic oxidation sites excluding steroid dienone is 1. The maximum Gasteiger partial charge on any atom is 0.337 e. The van der Waals surface area contributed by atoms with Crippen LogP contribution in [0.4, 0.5) is 0 Å². The normalized spacial score (nSPS) is 11.7. The van der Waals surface area contributed by atoms with Gasteiger partial charge in [0, 0.05) is 37.1 Å². The Balaban J connectivity index is 1.77. The first-order valence-corrected chi connectivity index (χ1v) is 17.4. The Labute approximate surface area is 318 Å². The van der Waals surface area contributed by atoms with Gasteiger partial charge >= 0.3 is 11.9 Å². The Morgan fingerprint density at radius 3 is 1.91 bits per heavy atom. The average Bonchev–Trinajstić information content (AvgIpc) is 3.14. The van der Waals surface area contributed by atoms with Crippen molar-refractivity contribution in [2.45, 2.75) is 38.3 Å². The van der Waals surface area contributed by atoms with Crippen LogP contribution in [0.25, 0.3) is 0 Å². The highest BCUT2D eigenvalue weighted by atomic mass is 16.6. The van der Waals surface area contributed by atoms with Crippen LogP contribution in [-0.2, 0) is 54.1 Å². The highest BCUT2D eigenvalue weighted by Gasteiger charge is 2.28. The van der Waals surface area contributed by atoms with Crippen molar-refractivity contribution < 1.29 is 57.6 Å². The van der Waals surface area contributed by atoms with Gasteiger partial charge in [0.25, 0.3) is 5.91 Å². The summed E-state index contributed by atoms with van der Waals surface area (Å²) in [7, 11) is 0. The molecule has 0 radical (unpaired) electrons. The van der Waals surface area contributed by atoms with E-state index in [0.717, 1.165) is 5.56 Å². The smallest absolute Gasteiger partial charge is 0.337 e. The van der Waals surface area contributed by atoms with Crippen LogP contribution in [0.5, 0.6) is 0 Å². The molecule has 0 aliphatic heterocycles. The second kappa shape index (κ2) is 26.1. The quantitative estimate of drug-likeness (QED) is 0.0198. The van der Waals surface area contributed by atoms with Crippen LogP contribution < -0.4 is 27.0 Å². The van der Waals surface area contributed by atoms with Gasteiger partial charge in [-0.2, -0.15) is 0 Å². The lowest BCUT2D eigenvalue weighted by Crippen LogP contribution is -2.55. The Morgan fingerprint density at radius 2 is 1.33 bits per heavy atom. The molecule has 0 bridgehead atoms. The van der Waals surface area contributed by atoms with Crippen LogP contribution in [0.15, 0.2) is 66.9 Å². The molecule has 0 spiro atoms. The van der Waals surface area contributed by atoms with Gasteiger partial charge < -0.3 is 55.8 Å². The first-order chi connectivity index (χ1) is 26.3. The lowest BCUT2D eigenvalue weighted by atomic mass is 10.0. The van der Waals surface area contributed by atoms with E-state index in [-0.39, 0.29) is 82.7 Å². The van der Waals surface area contributed by atoms with E-state index in [9.17, 15) is 33.9 Å². The molecule has 0 heterocycles. The molecule has 18 nitrogen and oxygen atoms in total. The number of amides is 4. The van der Waals surface area contributed by atoms with E-state index < -0.39 is 54.1 Å². The first kappa shape index (κ1) is 45.5. The largest absolute Gasteiger partial charge is 0.481 e. The number of rotatable bonds is 28. The molecule has 2 atom stereocenters. The van der Waals surface area contributed by atoms with Crippen LogP contribution >= 0.6 is 0 Å². The number of hydrogen-bond donors (Lipinski definition) is 7. The topological polar surface area (TPSA) is 267 Å². The predicted molar refractivity (Wildman–Crippen MR) is 198 cm³/mol. The summed E-state index contributed by atoms with van der Waals surface area (Å²) in [5, 5.41) is 27.1. The summed E-state index contributed by atoms with van der Waals surface area (Å²) < 4.78 is 26.2. The Bertz CT molecular complexity index is 1570. The van der Waals surface area contributed by atoms with Crippen LogP contribution in [0, 0.1) is 5.41 Å². The summed E-state index contributed by atoms with van der Waals surface area (Å²) in [5.41, 5.74) is 6.86. The standard InChI is InChI=1S/C37H50N6O12/c1-25(2)55-33(47)24-54-21-20-53-19-18-52-17-16-51-15-14-41-36(49)29(22-26-6-4-3-5-7-26)43-37(50)30(23-32(45)46)42-31(44)12-13-40-35(48)28-10-8-27(9-11-28)34(38)39/h3-11,29-30H,1,12-24H2,2H3,(H3,38,39)(H,40,48)(H,41,49)(H,42,44)(H,43,50)(H,45,46)/t29-,30-/m0/s1. The van der Waals surface area contributed by atoms with Crippen molar-refractivity contribution in [3.63, 3.8) is 0 Å². The summed E-state index contributed by atoms with van der Waals surface area (Å²) in [5.74, 6) is -4.37. The summed E-state index contributed by atoms with van der Waals surface area (Å²) in [4.78, 5) is 74.5. The Morgan fingerprint density at radius 1 is 0.745 bits per heavy atom. The lowest BCUT2D eigenvalue weighted by molar-refractivity contribution is -0.145. The minimum Gasteiger partial charge on any atom is -0.481 e. The number of amidine groups is 1. The molecule has 0 aromatic heterocycles. The maximum atomic E-state index is 13.3. The number of nitrogens with two attached hydrogens (primary N) is 1. The van der Waals surface area contributed by atoms with Crippen molar-refractivity contribution in [1.82, 2.24) is 21.3 Å². The number of ether oxygens (including phenoxy) is 5. The van der Waals surface area contributed by atoms with Crippen LogP contribution in [0.2, 0.25) is 0 Å². The minimum atomic E-state index is -1.51. The van der Waals surface area contributed by atoms with E-state index in [0.29, 0.717) is 18.8 Å². The summed E-state index contributed by atoms with van der Waals surface area (Å²) >= 11 is 0. The van der Waals surface area contributed by atoms with Crippen molar-refractivity contribution in [2.75, 3.05) is 65.9 Å². The number of benzene rings is 2. The van der Waals surface area contributed by atoms with E-state index in [1.165, 1.54) is 24.3 Å². The third-order valence-corrected chi connectivity index (χ3v) is 7.21. The molecule has 0 saturated heterocycles. The fraction of sp³-hybridized carbons (Fsp3) is 0.432. The van der Waals surface area contributed by atoms with Gasteiger partial charge in [-0.05, 0) is 24.6 Å². The van der Waals surface area contributed by atoms with Gasteiger partial charge in [-0.15, -0.1) is 0 Å². The number of carbonyl (C=O) groups excluding carboxylic acids is 5. The number of carboxylic acid groups (broad SMARTS) is 1. The van der Waals surface area contributed by atoms with Gasteiger partial charge in [-0.1, -0.05) is 49.0 Å². The molecule has 0 saturated carbocycles. The zero-order valence-electron chi connectivity index (χ0n) is 30.8. The fourth-order valence-corrected chi connectivity index (χ4v) is 4.58. The molecule has 300 valence electrons. The van der Waals surface area contributed by atoms with Gasteiger partial charge in [-0.3, -0.25) is 29.4 Å². The van der Waals surface area contributed by atoms with E-state index in [1.807, 2.05) is 0 Å². The molecule has 2 aromatic rings. The van der Waals surface area contributed by atoms with E-state index in [2.05, 4.69) is 27.8 Å². The molecule has 0 unspecified atom stereocenters. The molecule has 0 aliphatic rings. The van der Waals surface area contributed by atoms with Gasteiger partial charge in [0.1, 0.15) is 24.5 Å². The van der Waals surface area contributed by atoms with Crippen molar-refractivity contribution in [2.24, 2.45) is 5.73 Å². The van der Waals surface area contributed by atoms with E-state index in [1.54, 1.807) is 37.3 Å². The molecule has 0 aliphatic carbocycles. The lowest BCUT2D eigenvalue weighted by Gasteiger charge is -2.23. The van der Waals surface area contributed by atoms with Crippen LogP contribution in [0.3, 0.4) is 0 Å². The van der Waals surface area contributed by atoms with E-state index >= 15 is 0 Å². The number of aliphatic carboxylic acids is 1. The molecule has 55 heavy (non-hydrogen) atoms. The highest BCUT2D eigenvalue weighted by Crippen LogP contribution is 2.06. The van der Waals surface area contributed by atoms with Gasteiger partial charge in [0.2, 0.25) is 17.7 Å². The van der Waals surface area contributed by atoms with Crippen LogP contribution in [-0.4, -0.2) is 125 Å². The molecular weight excluding hydrogens is 720 g/mol. The van der Waals surface area contributed by atoms with E-state index in [4.69, 9.17) is 34.8 Å². The summed E-state index contributed by atoms with van der Waals surface area (Å²) in [6.45, 7) is 6.55. The minimum absolute atomic E-state index is 0.0794. The number of carbonyl (C=O) groups is 6. The van der Waals surface area contributed by atoms with Crippen molar-refractivity contribution in [3.8, 4) is 0 Å². The summed E-state index contributed by atoms with van der Waals surface area (Å²) in [6.07, 6.45) is -0.938. The second-order valence-electron chi connectivity index (χ2n) is 11.8. The third kappa shape index (κ3) is 20.4. The molecule has 4 amide bonds. The Hall–Kier alpha value is -5.69. The highest BCUT2D eigenvalue weighted by molar-refractivity contribution is 5.98. The fourth-order valence-electron chi connectivity index (χ4n) is 4.58. The number of nitrogens with one attached hydrogen (secondary N) is 5. The molecule has 0 fully saturated rings. The summed E-state index contributed by atoms with van der Waals surface area (Å²) in [6, 6.07) is 12.2. The van der Waals surface area contributed by atoms with Gasteiger partial charge in [-0.25, -0.2) is 4.79 Å². The predicted octanol–water partition coefficient (Wildman–Crippen LogP) is 0.0370. The van der Waals surface area contributed by atoms with Crippen molar-refractivity contribution in [1.29, 1.82) is 5.41 Å².